The van der Waals surface area contributed by atoms with Gasteiger partial charge in [0.1, 0.15) is 5.75 Å². The first kappa shape index (κ1) is 23.8. The van der Waals surface area contributed by atoms with Gasteiger partial charge in [-0.1, -0.05) is 76.7 Å². The lowest BCUT2D eigenvalue weighted by molar-refractivity contribution is -0.0410. The molecule has 1 N–H and O–H groups in total. The van der Waals surface area contributed by atoms with Gasteiger partial charge in [0.2, 0.25) is 0 Å². The van der Waals surface area contributed by atoms with Crippen molar-refractivity contribution < 1.29 is 9.84 Å². The van der Waals surface area contributed by atoms with Gasteiger partial charge in [0.25, 0.3) is 0 Å². The first-order valence-corrected chi connectivity index (χ1v) is 16.3. The van der Waals surface area contributed by atoms with Gasteiger partial charge < -0.3 is 9.84 Å². The first-order valence-electron chi connectivity index (χ1n) is 12.8. The minimum absolute atomic E-state index is 0.190. The molecule has 0 amide bonds. The lowest BCUT2D eigenvalue weighted by atomic mass is 9.50. The van der Waals surface area contributed by atoms with Gasteiger partial charge in [-0.25, -0.2) is 0 Å². The monoisotopic (exact) mass is 452 g/mol. The summed E-state index contributed by atoms with van der Waals surface area (Å²) in [6.45, 7) is 17.2. The summed E-state index contributed by atoms with van der Waals surface area (Å²) in [4.78, 5) is 0. The van der Waals surface area contributed by atoms with Crippen LogP contribution >= 0.6 is 0 Å². The Hall–Kier alpha value is -1.32. The Balaban J connectivity index is 1.94. The van der Waals surface area contributed by atoms with Gasteiger partial charge >= 0.3 is 0 Å². The van der Waals surface area contributed by atoms with Crippen LogP contribution in [0.4, 0.5) is 0 Å². The molecular weight excluding hydrogens is 408 g/mol. The number of aliphatic hydroxyl groups excluding tert-OH is 1. The maximum Gasteiger partial charge on any atom is 0.118 e. The fourth-order valence-electron chi connectivity index (χ4n) is 7.25. The summed E-state index contributed by atoms with van der Waals surface area (Å²) in [6, 6.07) is 8.72. The smallest absolute Gasteiger partial charge is 0.118 e. The first-order chi connectivity index (χ1) is 15.0. The van der Waals surface area contributed by atoms with E-state index in [4.69, 9.17) is 4.74 Å². The highest BCUT2D eigenvalue weighted by Crippen LogP contribution is 2.62. The van der Waals surface area contributed by atoms with Gasteiger partial charge in [-0.3, -0.25) is 0 Å². The number of hydrogen-bond acceptors (Lipinski definition) is 2. The van der Waals surface area contributed by atoms with Crippen molar-refractivity contribution in [1.29, 1.82) is 0 Å². The summed E-state index contributed by atoms with van der Waals surface area (Å²) >= 11 is 0. The quantitative estimate of drug-likeness (QED) is 0.479. The topological polar surface area (TPSA) is 29.5 Å². The molecule has 1 unspecified atom stereocenters. The van der Waals surface area contributed by atoms with E-state index in [2.05, 4.69) is 71.6 Å². The lowest BCUT2D eigenvalue weighted by Crippen LogP contribution is -2.51. The summed E-state index contributed by atoms with van der Waals surface area (Å²) in [5.41, 5.74) is 6.13. The Bertz CT molecular complexity index is 917. The van der Waals surface area contributed by atoms with E-state index in [1.807, 2.05) is 0 Å². The van der Waals surface area contributed by atoms with Crippen LogP contribution in [0.5, 0.6) is 5.75 Å². The molecule has 3 aliphatic rings. The maximum absolute atomic E-state index is 11.4. The summed E-state index contributed by atoms with van der Waals surface area (Å²) in [5, 5.41) is 13.1. The molecule has 0 saturated heterocycles. The number of fused-ring (bicyclic) bond motifs is 3. The molecule has 3 aliphatic carbocycles. The van der Waals surface area contributed by atoms with E-state index in [9.17, 15) is 5.11 Å². The third kappa shape index (κ3) is 3.94. The summed E-state index contributed by atoms with van der Waals surface area (Å²) < 4.78 is 5.46. The number of benzene rings is 1. The number of ether oxygens (including phenoxy) is 1. The third-order valence-electron chi connectivity index (χ3n) is 8.88. The van der Waals surface area contributed by atoms with Crippen LogP contribution in [0.3, 0.4) is 0 Å². The second-order valence-corrected chi connectivity index (χ2v) is 17.5. The molecule has 0 aromatic heterocycles. The molecule has 176 valence electrons. The average molecular weight is 453 g/mol. The zero-order valence-corrected chi connectivity index (χ0v) is 22.6. The molecule has 1 aromatic carbocycles. The molecule has 1 aromatic rings. The molecular formula is C29H44O2Si. The number of rotatable bonds is 4. The molecule has 4 rings (SSSR count). The number of aliphatic hydroxyl groups is 1. The lowest BCUT2D eigenvalue weighted by Gasteiger charge is -2.57. The van der Waals surface area contributed by atoms with E-state index < -0.39 is 8.07 Å². The van der Waals surface area contributed by atoms with Crippen molar-refractivity contribution in [3.63, 3.8) is 0 Å². The minimum Gasteiger partial charge on any atom is -0.497 e. The van der Waals surface area contributed by atoms with Crippen LogP contribution in [0.25, 0.3) is 5.57 Å². The van der Waals surface area contributed by atoms with Crippen molar-refractivity contribution in [2.45, 2.75) is 85.5 Å². The van der Waals surface area contributed by atoms with E-state index in [1.165, 1.54) is 42.4 Å². The van der Waals surface area contributed by atoms with E-state index in [-0.39, 0.29) is 11.5 Å². The van der Waals surface area contributed by atoms with E-state index >= 15 is 0 Å². The highest BCUT2D eigenvalue weighted by atomic mass is 28.3. The number of allylic oxidation sites excluding steroid dienone is 3. The third-order valence-corrected chi connectivity index (χ3v) is 11.1. The molecule has 5 atom stereocenters. The molecule has 3 heteroatoms. The van der Waals surface area contributed by atoms with Crippen LogP contribution in [0, 0.1) is 29.1 Å². The predicted octanol–water partition coefficient (Wildman–Crippen LogP) is 7.51. The van der Waals surface area contributed by atoms with Crippen LogP contribution in [-0.2, 0) is 0 Å². The minimum atomic E-state index is -1.57. The van der Waals surface area contributed by atoms with Crippen molar-refractivity contribution in [3.05, 3.63) is 46.2 Å². The molecule has 2 nitrogen and oxygen atoms in total. The second kappa shape index (κ2) is 8.47. The number of hydrogen-bond donors (Lipinski definition) is 1. The van der Waals surface area contributed by atoms with Crippen LogP contribution in [0.1, 0.15) is 65.4 Å². The second-order valence-electron chi connectivity index (χ2n) is 12.4. The summed E-state index contributed by atoms with van der Waals surface area (Å²) in [7, 11) is 0.166. The highest BCUT2D eigenvalue weighted by molar-refractivity contribution is 6.84. The molecule has 0 aliphatic heterocycles. The highest BCUT2D eigenvalue weighted by Gasteiger charge is 2.54. The SMILES string of the molecule is COc1ccc(C2=C([Si](C)(C)C)C[C@@]3(C)C(=C2C(C)C)C[C@@H](O)[C@@H]2CC(C)CC[C@H]23)cc1. The predicted molar refractivity (Wildman–Crippen MR) is 138 cm³/mol. The van der Waals surface area contributed by atoms with Gasteiger partial charge in [0, 0.05) is 0 Å². The fraction of sp³-hybridized carbons (Fsp3) is 0.655. The molecule has 0 bridgehead atoms. The Morgan fingerprint density at radius 3 is 2.31 bits per heavy atom. The molecule has 0 spiro atoms. The van der Waals surface area contributed by atoms with E-state index in [0.717, 1.165) is 18.1 Å². The van der Waals surface area contributed by atoms with Crippen molar-refractivity contribution >= 4 is 13.6 Å². The van der Waals surface area contributed by atoms with E-state index in [0.29, 0.717) is 17.8 Å². The van der Waals surface area contributed by atoms with Gasteiger partial charge in [-0.2, -0.15) is 0 Å². The Labute approximate surface area is 197 Å². The van der Waals surface area contributed by atoms with Crippen LogP contribution in [0.2, 0.25) is 19.6 Å². The Morgan fingerprint density at radius 1 is 1.09 bits per heavy atom. The van der Waals surface area contributed by atoms with Crippen molar-refractivity contribution in [2.75, 3.05) is 7.11 Å². The maximum atomic E-state index is 11.4. The van der Waals surface area contributed by atoms with Crippen molar-refractivity contribution in [2.24, 2.45) is 29.1 Å². The molecule has 2 saturated carbocycles. The molecule has 0 heterocycles. The Kier molecular flexibility index (Phi) is 6.31. The molecule has 2 fully saturated rings. The molecule has 0 radical (unpaired) electrons. The van der Waals surface area contributed by atoms with E-state index in [1.54, 1.807) is 17.9 Å². The van der Waals surface area contributed by atoms with Crippen molar-refractivity contribution in [1.82, 2.24) is 0 Å². The summed E-state index contributed by atoms with van der Waals surface area (Å²) in [5.74, 6) is 3.17. The zero-order chi connectivity index (χ0) is 23.4. The molecule has 32 heavy (non-hydrogen) atoms. The zero-order valence-electron chi connectivity index (χ0n) is 21.6. The number of methoxy groups -OCH3 is 1. The van der Waals surface area contributed by atoms with Crippen LogP contribution < -0.4 is 4.74 Å². The fourth-order valence-corrected chi connectivity index (χ4v) is 9.17. The van der Waals surface area contributed by atoms with Crippen LogP contribution in [0.15, 0.2) is 40.6 Å². The average Bonchev–Trinajstić information content (AvgIpc) is 2.73. The van der Waals surface area contributed by atoms with Gasteiger partial charge in [-0.15, -0.1) is 0 Å². The largest absolute Gasteiger partial charge is 0.497 e. The van der Waals surface area contributed by atoms with Gasteiger partial charge in [0.15, 0.2) is 0 Å². The normalized spacial score (nSPS) is 33.3. The van der Waals surface area contributed by atoms with Gasteiger partial charge in [-0.05, 0) is 83.6 Å². The Morgan fingerprint density at radius 2 is 1.75 bits per heavy atom. The summed E-state index contributed by atoms with van der Waals surface area (Å²) in [6.07, 6.45) is 5.62. The van der Waals surface area contributed by atoms with Gasteiger partial charge in [0.05, 0.1) is 21.3 Å². The standard InChI is InChI=1S/C29H44O2Si/c1-18(2)27-24-16-25(30)22-15-19(3)9-14-23(22)29(24,4)17-26(32(6,7)8)28(27)20-10-12-21(31-5)13-11-20/h10-13,18-19,22-23,25,30H,9,14-17H2,1-8H3/t19?,22-,23-,25-,29-/m1/s1. The van der Waals surface area contributed by atoms with Crippen LogP contribution in [-0.4, -0.2) is 26.4 Å². The van der Waals surface area contributed by atoms with Crippen molar-refractivity contribution in [3.8, 4) is 5.75 Å².